The molecule has 0 rings (SSSR count). The molecule has 0 bridgehead atoms. The number of hydrogen-bond acceptors (Lipinski definition) is 6. The molecule has 3 atom stereocenters. The summed E-state index contributed by atoms with van der Waals surface area (Å²) in [6.45, 7) is 4.64. The van der Waals surface area contributed by atoms with Crippen molar-refractivity contribution in [3.05, 3.63) is 24.3 Å². The number of quaternary nitrogens is 1. The monoisotopic (exact) mass is 813 g/mol. The van der Waals surface area contributed by atoms with Crippen LogP contribution in [0, 0.1) is 0 Å². The van der Waals surface area contributed by atoms with Gasteiger partial charge in [-0.3, -0.25) is 9.36 Å². The van der Waals surface area contributed by atoms with E-state index >= 15 is 0 Å². The zero-order valence-electron chi connectivity index (χ0n) is 37.6. The van der Waals surface area contributed by atoms with Gasteiger partial charge in [-0.05, 0) is 32.1 Å². The number of phosphoric acid groups is 1. The van der Waals surface area contributed by atoms with Crippen LogP contribution in [0.15, 0.2) is 24.3 Å². The fourth-order valence-electron chi connectivity index (χ4n) is 6.87. The molecule has 0 aliphatic heterocycles. The van der Waals surface area contributed by atoms with Crippen molar-refractivity contribution < 1.29 is 32.9 Å². The van der Waals surface area contributed by atoms with Gasteiger partial charge >= 0.3 is 0 Å². The first kappa shape index (κ1) is 55.0. The number of aliphatic hydroxyl groups is 1. The van der Waals surface area contributed by atoms with Crippen molar-refractivity contribution in [2.24, 2.45) is 0 Å². The number of phosphoric ester groups is 1. The third-order valence-corrected chi connectivity index (χ3v) is 11.6. The van der Waals surface area contributed by atoms with E-state index in [0.29, 0.717) is 17.4 Å². The van der Waals surface area contributed by atoms with E-state index < -0.39 is 20.0 Å². The van der Waals surface area contributed by atoms with Gasteiger partial charge in [0.15, 0.2) is 0 Å². The molecule has 9 heteroatoms. The average molecular weight is 813 g/mol. The minimum absolute atomic E-state index is 0.00414. The van der Waals surface area contributed by atoms with Crippen LogP contribution in [0.2, 0.25) is 0 Å². The van der Waals surface area contributed by atoms with Crippen molar-refractivity contribution in [2.75, 3.05) is 40.9 Å². The molecule has 0 fully saturated rings. The fourth-order valence-corrected chi connectivity index (χ4v) is 7.60. The van der Waals surface area contributed by atoms with Crippen molar-refractivity contribution in [2.45, 2.75) is 231 Å². The molecule has 8 nitrogen and oxygen atoms in total. The molecule has 332 valence electrons. The minimum Gasteiger partial charge on any atom is -0.756 e. The van der Waals surface area contributed by atoms with Crippen LogP contribution in [0.1, 0.15) is 219 Å². The van der Waals surface area contributed by atoms with Crippen LogP contribution in [0.25, 0.3) is 0 Å². The van der Waals surface area contributed by atoms with Crippen LogP contribution >= 0.6 is 7.82 Å². The van der Waals surface area contributed by atoms with Crippen molar-refractivity contribution in [3.63, 3.8) is 0 Å². The Morgan fingerprint density at radius 2 is 1.00 bits per heavy atom. The summed E-state index contributed by atoms with van der Waals surface area (Å²) in [5.74, 6) is -0.205. The normalized spacial score (nSPS) is 14.5. The lowest BCUT2D eigenvalue weighted by atomic mass is 10.0. The van der Waals surface area contributed by atoms with E-state index in [0.717, 1.165) is 38.5 Å². The summed E-state index contributed by atoms with van der Waals surface area (Å²) in [5, 5.41) is 13.8. The largest absolute Gasteiger partial charge is 0.756 e. The van der Waals surface area contributed by atoms with Crippen LogP contribution in [0.4, 0.5) is 0 Å². The molecule has 0 saturated heterocycles. The van der Waals surface area contributed by atoms with Crippen molar-refractivity contribution in [1.29, 1.82) is 0 Å². The summed E-state index contributed by atoms with van der Waals surface area (Å²) in [6, 6.07) is -0.898. The zero-order chi connectivity index (χ0) is 41.4. The second kappa shape index (κ2) is 39.4. The molecule has 0 saturated carbocycles. The number of carbonyl (C=O) groups is 1. The second-order valence-corrected chi connectivity index (χ2v) is 18.9. The molecular weight excluding hydrogens is 719 g/mol. The highest BCUT2D eigenvalue weighted by Crippen LogP contribution is 2.38. The Balaban J connectivity index is 4.39. The standard InChI is InChI=1S/C47H93N2O6P/c1-6-8-10-12-14-16-18-20-22-24-25-27-29-31-33-35-37-39-41-47(51)48-45(44-55-56(52,53)54-43-42-49(3,4)5)46(50)40-38-36-34-32-30-28-26-23-21-19-17-15-13-11-9-7-2/h30,32,38,40,45-46,50H,6-29,31,33-37,39,41-44H2,1-5H3,(H-,48,51,52,53)/b32-30+,40-38+/t45-,46+/m0/s1. The second-order valence-electron chi connectivity index (χ2n) is 17.5. The number of carbonyl (C=O) groups excluding carboxylic acids is 1. The van der Waals surface area contributed by atoms with E-state index in [1.54, 1.807) is 6.08 Å². The Hall–Kier alpha value is -1.02. The molecule has 56 heavy (non-hydrogen) atoms. The lowest BCUT2D eigenvalue weighted by Gasteiger charge is -2.29. The maximum Gasteiger partial charge on any atom is 0.268 e. The molecule has 1 unspecified atom stereocenters. The van der Waals surface area contributed by atoms with E-state index in [4.69, 9.17) is 9.05 Å². The van der Waals surface area contributed by atoms with E-state index in [-0.39, 0.29) is 19.1 Å². The first-order valence-corrected chi connectivity index (χ1v) is 25.2. The van der Waals surface area contributed by atoms with Gasteiger partial charge in [0.2, 0.25) is 5.91 Å². The molecule has 2 N–H and O–H groups in total. The number of allylic oxidation sites excluding steroid dienone is 3. The minimum atomic E-state index is -4.59. The smallest absolute Gasteiger partial charge is 0.268 e. The van der Waals surface area contributed by atoms with E-state index in [9.17, 15) is 19.4 Å². The third-order valence-electron chi connectivity index (χ3n) is 10.7. The lowest BCUT2D eigenvalue weighted by molar-refractivity contribution is -0.870. The number of nitrogens with one attached hydrogen (secondary N) is 1. The van der Waals surface area contributed by atoms with Crippen LogP contribution < -0.4 is 10.2 Å². The number of rotatable bonds is 43. The topological polar surface area (TPSA) is 108 Å². The van der Waals surface area contributed by atoms with E-state index in [1.807, 2.05) is 27.2 Å². The van der Waals surface area contributed by atoms with Gasteiger partial charge in [-0.2, -0.15) is 0 Å². The number of unbranched alkanes of at least 4 members (excludes halogenated alkanes) is 28. The number of likely N-dealkylation sites (N-methyl/N-ethyl adjacent to an activating group) is 1. The Bertz CT molecular complexity index is 969. The van der Waals surface area contributed by atoms with Gasteiger partial charge in [-0.25, -0.2) is 0 Å². The summed E-state index contributed by atoms with van der Waals surface area (Å²) in [6.07, 6.45) is 46.5. The molecular formula is C47H93N2O6P. The SMILES string of the molecule is CCCCCCCCCCCC/C=C/CC/C=C/[C@@H](O)[C@H](COP(=O)([O-])OCC[N+](C)(C)C)NC(=O)CCCCCCCCCCCCCCCCCCCC. The van der Waals surface area contributed by atoms with Gasteiger partial charge in [0.1, 0.15) is 13.2 Å². The van der Waals surface area contributed by atoms with E-state index in [1.165, 1.54) is 161 Å². The molecule has 0 aliphatic rings. The van der Waals surface area contributed by atoms with Gasteiger partial charge in [-0.15, -0.1) is 0 Å². The molecule has 0 aliphatic carbocycles. The van der Waals surface area contributed by atoms with Gasteiger partial charge in [-0.1, -0.05) is 205 Å². The molecule has 0 spiro atoms. The van der Waals surface area contributed by atoms with Crippen molar-refractivity contribution in [1.82, 2.24) is 5.32 Å². The molecule has 0 aromatic rings. The Labute approximate surface area is 347 Å². The number of nitrogens with zero attached hydrogens (tertiary/aromatic N) is 1. The first-order chi connectivity index (χ1) is 27.0. The molecule has 1 amide bonds. The highest BCUT2D eigenvalue weighted by atomic mass is 31.2. The van der Waals surface area contributed by atoms with Crippen LogP contribution in [0.5, 0.6) is 0 Å². The van der Waals surface area contributed by atoms with Crippen LogP contribution in [-0.2, 0) is 18.4 Å². The number of aliphatic hydroxyl groups excluding tert-OH is 1. The number of hydrogen-bond donors (Lipinski definition) is 2. The first-order valence-electron chi connectivity index (χ1n) is 23.7. The Kier molecular flexibility index (Phi) is 38.7. The highest BCUT2D eigenvalue weighted by Gasteiger charge is 2.23. The summed E-state index contributed by atoms with van der Waals surface area (Å²) < 4.78 is 23.2. The van der Waals surface area contributed by atoms with Crippen molar-refractivity contribution >= 4 is 13.7 Å². The maximum absolute atomic E-state index is 12.9. The summed E-state index contributed by atoms with van der Waals surface area (Å²) in [4.78, 5) is 25.3. The molecule has 0 aromatic carbocycles. The fraction of sp³-hybridized carbons (Fsp3) is 0.894. The van der Waals surface area contributed by atoms with Crippen molar-refractivity contribution in [3.8, 4) is 0 Å². The highest BCUT2D eigenvalue weighted by molar-refractivity contribution is 7.45. The molecule has 0 aromatic heterocycles. The maximum atomic E-state index is 12.9. The van der Waals surface area contributed by atoms with Gasteiger partial charge < -0.3 is 28.8 Å². The molecule has 0 radical (unpaired) electrons. The van der Waals surface area contributed by atoms with E-state index in [2.05, 4.69) is 31.3 Å². The average Bonchev–Trinajstić information content (AvgIpc) is 3.15. The third kappa shape index (κ3) is 41.2. The lowest BCUT2D eigenvalue weighted by Crippen LogP contribution is -2.45. The summed E-state index contributed by atoms with van der Waals surface area (Å²) in [5.41, 5.74) is 0. The van der Waals surface area contributed by atoms with Crippen LogP contribution in [-0.4, -0.2) is 68.5 Å². The number of amides is 1. The quantitative estimate of drug-likeness (QED) is 0.0275. The summed E-state index contributed by atoms with van der Waals surface area (Å²) >= 11 is 0. The summed E-state index contributed by atoms with van der Waals surface area (Å²) in [7, 11) is 1.25. The molecule has 0 heterocycles. The zero-order valence-corrected chi connectivity index (χ0v) is 38.5. The Morgan fingerprint density at radius 1 is 0.607 bits per heavy atom. The van der Waals surface area contributed by atoms with Gasteiger partial charge in [0, 0.05) is 6.42 Å². The Morgan fingerprint density at radius 3 is 1.45 bits per heavy atom. The predicted molar refractivity (Wildman–Crippen MR) is 238 cm³/mol. The van der Waals surface area contributed by atoms with Crippen LogP contribution in [0.3, 0.4) is 0 Å². The van der Waals surface area contributed by atoms with Gasteiger partial charge in [0.05, 0.1) is 39.9 Å². The predicted octanol–water partition coefficient (Wildman–Crippen LogP) is 12.7. The van der Waals surface area contributed by atoms with Gasteiger partial charge in [0.25, 0.3) is 7.82 Å².